The lowest BCUT2D eigenvalue weighted by Gasteiger charge is -2.17. The molecule has 1 saturated carbocycles. The smallest absolute Gasteiger partial charge is 0.328 e. The molecule has 0 spiro atoms. The van der Waals surface area contributed by atoms with E-state index >= 15 is 0 Å². The van der Waals surface area contributed by atoms with Crippen molar-refractivity contribution in [2.45, 2.75) is 44.4 Å². The highest BCUT2D eigenvalue weighted by atomic mass is 16.4. The molecule has 96 valence electrons. The van der Waals surface area contributed by atoms with Crippen LogP contribution in [0.4, 0.5) is 0 Å². The summed E-state index contributed by atoms with van der Waals surface area (Å²) in [4.78, 5) is 10.6. The monoisotopic (exact) mass is 244 g/mol. The first-order valence-electron chi connectivity index (χ1n) is 6.77. The summed E-state index contributed by atoms with van der Waals surface area (Å²) in [5.41, 5.74) is 2.38. The van der Waals surface area contributed by atoms with Gasteiger partial charge in [0.15, 0.2) is 0 Å². The van der Waals surface area contributed by atoms with Crippen LogP contribution in [0.2, 0.25) is 0 Å². The largest absolute Gasteiger partial charge is 0.478 e. The normalized spacial score (nSPS) is 17.8. The predicted molar refractivity (Wildman–Crippen MR) is 73.6 cm³/mol. The van der Waals surface area contributed by atoms with Crippen molar-refractivity contribution in [2.75, 3.05) is 0 Å². The van der Waals surface area contributed by atoms with Crippen molar-refractivity contribution in [3.05, 3.63) is 41.5 Å². The molecule has 0 aromatic heterocycles. The molecule has 18 heavy (non-hydrogen) atoms. The maximum atomic E-state index is 10.6. The van der Waals surface area contributed by atoms with E-state index < -0.39 is 5.97 Å². The number of carbonyl (C=O) groups is 1. The molecule has 1 fully saturated rings. The molecule has 0 aliphatic heterocycles. The van der Waals surface area contributed by atoms with Gasteiger partial charge in [-0.15, -0.1) is 0 Å². The summed E-state index contributed by atoms with van der Waals surface area (Å²) in [5.74, 6) is -0.284. The average molecular weight is 244 g/mol. The lowest BCUT2D eigenvalue weighted by molar-refractivity contribution is -0.131. The Balaban J connectivity index is 2.22. The van der Waals surface area contributed by atoms with Crippen LogP contribution in [0, 0.1) is 0 Å². The van der Waals surface area contributed by atoms with Crippen LogP contribution in [0.3, 0.4) is 0 Å². The molecule has 1 aromatic rings. The summed E-state index contributed by atoms with van der Waals surface area (Å²) in [6.45, 7) is 0. The quantitative estimate of drug-likeness (QED) is 0.638. The SMILES string of the molecule is O=C(O)C=Cc1ccccc1C1CCCCCC1. The highest BCUT2D eigenvalue weighted by molar-refractivity contribution is 5.85. The molecular formula is C16H20O2. The minimum Gasteiger partial charge on any atom is -0.478 e. The molecule has 1 aromatic carbocycles. The maximum Gasteiger partial charge on any atom is 0.328 e. The highest BCUT2D eigenvalue weighted by Crippen LogP contribution is 2.33. The van der Waals surface area contributed by atoms with Crippen molar-refractivity contribution in [3.63, 3.8) is 0 Å². The number of rotatable bonds is 3. The summed E-state index contributed by atoms with van der Waals surface area (Å²) < 4.78 is 0. The minimum atomic E-state index is -0.884. The van der Waals surface area contributed by atoms with Gasteiger partial charge in [0.25, 0.3) is 0 Å². The Bertz CT molecular complexity index is 426. The zero-order valence-corrected chi connectivity index (χ0v) is 10.6. The fraction of sp³-hybridized carbons (Fsp3) is 0.438. The van der Waals surface area contributed by atoms with Gasteiger partial charge >= 0.3 is 5.97 Å². The first kappa shape index (κ1) is 12.9. The zero-order chi connectivity index (χ0) is 12.8. The Labute approximate surface area is 108 Å². The second-order valence-electron chi connectivity index (χ2n) is 4.99. The molecule has 2 heteroatoms. The summed E-state index contributed by atoms with van der Waals surface area (Å²) in [6.07, 6.45) is 10.7. The van der Waals surface area contributed by atoms with E-state index in [2.05, 4.69) is 12.1 Å². The Morgan fingerprint density at radius 1 is 1.11 bits per heavy atom. The maximum absolute atomic E-state index is 10.6. The van der Waals surface area contributed by atoms with Crippen LogP contribution in [-0.4, -0.2) is 11.1 Å². The molecule has 0 saturated heterocycles. The third-order valence-corrected chi connectivity index (χ3v) is 3.70. The Kier molecular flexibility index (Phi) is 4.57. The summed E-state index contributed by atoms with van der Waals surface area (Å²) in [7, 11) is 0. The van der Waals surface area contributed by atoms with Gasteiger partial charge in [-0.05, 0) is 36.0 Å². The van der Waals surface area contributed by atoms with Crippen molar-refractivity contribution in [3.8, 4) is 0 Å². The van der Waals surface area contributed by atoms with Crippen molar-refractivity contribution in [1.29, 1.82) is 0 Å². The zero-order valence-electron chi connectivity index (χ0n) is 10.6. The molecule has 1 N–H and O–H groups in total. The molecule has 0 unspecified atom stereocenters. The second-order valence-corrected chi connectivity index (χ2v) is 4.99. The molecule has 0 amide bonds. The van der Waals surface area contributed by atoms with Crippen molar-refractivity contribution in [1.82, 2.24) is 0 Å². The number of hydrogen-bond acceptors (Lipinski definition) is 1. The topological polar surface area (TPSA) is 37.3 Å². The van der Waals surface area contributed by atoms with Gasteiger partial charge in [-0.25, -0.2) is 4.79 Å². The Morgan fingerprint density at radius 2 is 1.78 bits per heavy atom. The van der Waals surface area contributed by atoms with Crippen molar-refractivity contribution >= 4 is 12.0 Å². The van der Waals surface area contributed by atoms with Crippen molar-refractivity contribution in [2.24, 2.45) is 0 Å². The molecule has 0 atom stereocenters. The van der Waals surface area contributed by atoms with Crippen LogP contribution in [0.25, 0.3) is 6.08 Å². The number of benzene rings is 1. The van der Waals surface area contributed by atoms with Crippen LogP contribution in [0.1, 0.15) is 55.6 Å². The molecule has 2 rings (SSSR count). The number of hydrogen-bond donors (Lipinski definition) is 1. The van der Waals surface area contributed by atoms with Gasteiger partial charge in [-0.1, -0.05) is 49.9 Å². The number of aliphatic carboxylic acids is 1. The summed E-state index contributed by atoms with van der Waals surface area (Å²) in [6, 6.07) is 8.19. The van der Waals surface area contributed by atoms with Gasteiger partial charge in [0.2, 0.25) is 0 Å². The van der Waals surface area contributed by atoms with Gasteiger partial charge in [-0.3, -0.25) is 0 Å². The van der Waals surface area contributed by atoms with Gasteiger partial charge in [0.1, 0.15) is 0 Å². The van der Waals surface area contributed by atoms with E-state index in [1.54, 1.807) is 6.08 Å². The Hall–Kier alpha value is -1.57. The van der Waals surface area contributed by atoms with E-state index in [-0.39, 0.29) is 0 Å². The molecular weight excluding hydrogens is 224 g/mol. The molecule has 1 aliphatic rings. The number of carboxylic acid groups (broad SMARTS) is 1. The number of carboxylic acids is 1. The molecule has 1 aliphatic carbocycles. The summed E-state index contributed by atoms with van der Waals surface area (Å²) in [5, 5.41) is 8.73. The highest BCUT2D eigenvalue weighted by Gasteiger charge is 2.16. The van der Waals surface area contributed by atoms with Crippen LogP contribution in [0.5, 0.6) is 0 Å². The second kappa shape index (κ2) is 6.39. The van der Waals surface area contributed by atoms with E-state index in [4.69, 9.17) is 5.11 Å². The molecule has 0 heterocycles. The van der Waals surface area contributed by atoms with Crippen LogP contribution in [-0.2, 0) is 4.79 Å². The first-order chi connectivity index (χ1) is 8.77. The van der Waals surface area contributed by atoms with Gasteiger partial charge in [0, 0.05) is 6.08 Å². The lowest BCUT2D eigenvalue weighted by atomic mass is 9.88. The first-order valence-corrected chi connectivity index (χ1v) is 6.77. The standard InChI is InChI=1S/C16H20O2/c17-16(18)12-11-14-9-5-6-10-15(14)13-7-3-1-2-4-8-13/h5-6,9-13H,1-4,7-8H2,(H,17,18). The minimum absolute atomic E-state index is 0.599. The Morgan fingerprint density at radius 3 is 2.44 bits per heavy atom. The van der Waals surface area contributed by atoms with Gasteiger partial charge < -0.3 is 5.11 Å². The third kappa shape index (κ3) is 3.46. The van der Waals surface area contributed by atoms with Crippen LogP contribution < -0.4 is 0 Å². The van der Waals surface area contributed by atoms with Crippen LogP contribution in [0.15, 0.2) is 30.3 Å². The fourth-order valence-corrected chi connectivity index (χ4v) is 2.79. The fourth-order valence-electron chi connectivity index (χ4n) is 2.79. The molecule has 0 bridgehead atoms. The molecule has 0 radical (unpaired) electrons. The van der Waals surface area contributed by atoms with E-state index in [0.29, 0.717) is 5.92 Å². The predicted octanol–water partition coefficient (Wildman–Crippen LogP) is 4.22. The van der Waals surface area contributed by atoms with Gasteiger partial charge in [-0.2, -0.15) is 0 Å². The van der Waals surface area contributed by atoms with Crippen molar-refractivity contribution < 1.29 is 9.90 Å². The van der Waals surface area contributed by atoms with E-state index in [9.17, 15) is 4.79 Å². The average Bonchev–Trinajstić information content (AvgIpc) is 2.65. The van der Waals surface area contributed by atoms with E-state index in [0.717, 1.165) is 5.56 Å². The lowest BCUT2D eigenvalue weighted by Crippen LogP contribution is -2.00. The summed E-state index contributed by atoms with van der Waals surface area (Å²) >= 11 is 0. The van der Waals surface area contributed by atoms with Gasteiger partial charge in [0.05, 0.1) is 0 Å². The third-order valence-electron chi connectivity index (χ3n) is 3.70. The van der Waals surface area contributed by atoms with Crippen LogP contribution >= 0.6 is 0 Å². The van der Waals surface area contributed by atoms with E-state index in [1.807, 2.05) is 12.1 Å². The van der Waals surface area contributed by atoms with E-state index in [1.165, 1.54) is 50.2 Å². The molecule has 2 nitrogen and oxygen atoms in total.